The fourth-order valence-electron chi connectivity index (χ4n) is 3.14. The van der Waals surface area contributed by atoms with E-state index >= 15 is 0 Å². The van der Waals surface area contributed by atoms with Crippen LogP contribution in [0.2, 0.25) is 0 Å². The second kappa shape index (κ2) is 12.1. The van der Waals surface area contributed by atoms with E-state index in [1.54, 1.807) is 31.3 Å². The number of benzene rings is 2. The van der Waals surface area contributed by atoms with E-state index in [9.17, 15) is 0 Å². The van der Waals surface area contributed by atoms with Gasteiger partial charge in [0.15, 0.2) is 0 Å². The van der Waals surface area contributed by atoms with Crippen LogP contribution < -0.4 is 0 Å². The van der Waals surface area contributed by atoms with E-state index in [2.05, 4.69) is 27.1 Å². The Morgan fingerprint density at radius 3 is 2.24 bits per heavy atom. The zero-order valence-electron chi connectivity index (χ0n) is 24.4. The van der Waals surface area contributed by atoms with Crippen LogP contribution in [0.25, 0.3) is 33.8 Å². The number of aromatic nitrogens is 3. The van der Waals surface area contributed by atoms with Crippen molar-refractivity contribution in [3.05, 3.63) is 126 Å². The molecule has 0 amide bonds. The molecule has 0 aliphatic rings. The van der Waals surface area contributed by atoms with E-state index in [4.69, 9.17) is 8.22 Å². The van der Waals surface area contributed by atoms with Gasteiger partial charge in [0.2, 0.25) is 0 Å². The van der Waals surface area contributed by atoms with E-state index in [0.29, 0.717) is 11.3 Å². The molecule has 4 heteroatoms. The van der Waals surface area contributed by atoms with Gasteiger partial charge in [-0.25, -0.2) is 0 Å². The maximum atomic E-state index is 7.49. The molecule has 3 nitrogen and oxygen atoms in total. The summed E-state index contributed by atoms with van der Waals surface area (Å²) >= 11 is 0. The van der Waals surface area contributed by atoms with E-state index < -0.39 is 13.7 Å². The smallest absolute Gasteiger partial charge is 0.0518 e. The number of aryl methyl sites for hydroxylation is 3. The number of hydrogen-bond donors (Lipinski definition) is 0. The molecule has 34 heavy (non-hydrogen) atoms. The summed E-state index contributed by atoms with van der Waals surface area (Å²) in [7, 11) is 0. The first-order chi connectivity index (χ1) is 18.5. The summed E-state index contributed by atoms with van der Waals surface area (Å²) < 4.78 is 44.6. The molecule has 5 aromatic rings. The van der Waals surface area contributed by atoms with Gasteiger partial charge in [-0.05, 0) is 55.8 Å². The molecule has 0 bridgehead atoms. The molecule has 171 valence electrons. The Bertz CT molecular complexity index is 1540. The first-order valence-corrected chi connectivity index (χ1v) is 10.4. The Balaban J connectivity index is 0.000000222. The molecule has 0 unspecified atom stereocenters. The third kappa shape index (κ3) is 6.54. The van der Waals surface area contributed by atoms with Crippen LogP contribution in [0.15, 0.2) is 97.5 Å². The molecule has 0 aliphatic carbocycles. The van der Waals surface area contributed by atoms with Crippen molar-refractivity contribution in [1.29, 1.82) is 0 Å². The van der Waals surface area contributed by atoms with Crippen LogP contribution in [0.3, 0.4) is 0 Å². The second-order valence-corrected chi connectivity index (χ2v) is 7.30. The first-order valence-electron chi connectivity index (χ1n) is 13.4. The average Bonchev–Trinajstić information content (AvgIpc) is 2.93. The van der Waals surface area contributed by atoms with E-state index in [-0.39, 0.29) is 25.7 Å². The Kier molecular flexibility index (Phi) is 6.40. The van der Waals surface area contributed by atoms with Gasteiger partial charge in [0.1, 0.15) is 0 Å². The zero-order chi connectivity index (χ0) is 28.0. The molecular formula is C30H25IrN3-2. The topological polar surface area (TPSA) is 38.7 Å². The molecule has 0 atom stereocenters. The largest absolute Gasteiger partial charge is 0.305 e. The summed E-state index contributed by atoms with van der Waals surface area (Å²) in [5, 5.41) is 0. The zero-order valence-corrected chi connectivity index (χ0v) is 20.8. The predicted octanol–water partition coefficient (Wildman–Crippen LogP) is 7.08. The molecule has 1 radical (unpaired) electrons. The Morgan fingerprint density at radius 1 is 0.676 bits per heavy atom. The monoisotopic (exact) mass is 626 g/mol. The van der Waals surface area contributed by atoms with Crippen LogP contribution >= 0.6 is 0 Å². The van der Waals surface area contributed by atoms with Crippen molar-refractivity contribution in [3.8, 4) is 33.8 Å². The molecule has 2 aromatic carbocycles. The van der Waals surface area contributed by atoms with Gasteiger partial charge in [0, 0.05) is 46.9 Å². The van der Waals surface area contributed by atoms with Crippen molar-refractivity contribution in [2.45, 2.75) is 20.6 Å². The average molecular weight is 626 g/mol. The summed E-state index contributed by atoms with van der Waals surface area (Å²) in [5.74, 6) is 0. The third-order valence-corrected chi connectivity index (χ3v) is 4.89. The van der Waals surface area contributed by atoms with Gasteiger partial charge >= 0.3 is 0 Å². The molecule has 0 saturated heterocycles. The SMILES string of the molecule is [2H]C([2H])([2H])c1ccnc(-c2[c-]ccc(-c3ccccn3)c2)c1.[2H]C([2H])([2H])c1cnc(-c2[c-]cccc2)cc1C.[Ir]. The molecule has 3 aromatic heterocycles. The van der Waals surface area contributed by atoms with Crippen molar-refractivity contribution >= 4 is 0 Å². The molecule has 0 fully saturated rings. The van der Waals surface area contributed by atoms with Gasteiger partial charge in [0.05, 0.1) is 5.69 Å². The van der Waals surface area contributed by atoms with E-state index in [1.165, 1.54) is 18.5 Å². The molecule has 5 rings (SSSR count). The van der Waals surface area contributed by atoms with Gasteiger partial charge < -0.3 is 9.97 Å². The van der Waals surface area contributed by atoms with Crippen molar-refractivity contribution in [3.63, 3.8) is 0 Å². The van der Waals surface area contributed by atoms with Crippen LogP contribution in [0.5, 0.6) is 0 Å². The van der Waals surface area contributed by atoms with Gasteiger partial charge in [-0.1, -0.05) is 34.9 Å². The summed E-state index contributed by atoms with van der Waals surface area (Å²) in [6.45, 7) is -2.46. The summed E-state index contributed by atoms with van der Waals surface area (Å²) in [5.41, 5.74) is 6.04. The normalized spacial score (nSPS) is 13.3. The van der Waals surface area contributed by atoms with E-state index in [1.807, 2.05) is 54.6 Å². The Labute approximate surface area is 223 Å². The van der Waals surface area contributed by atoms with Gasteiger partial charge in [-0.15, -0.1) is 65.7 Å². The van der Waals surface area contributed by atoms with Crippen molar-refractivity contribution < 1.29 is 28.3 Å². The van der Waals surface area contributed by atoms with Crippen molar-refractivity contribution in [2.75, 3.05) is 0 Å². The Hall–Kier alpha value is -3.46. The number of hydrogen-bond acceptors (Lipinski definition) is 3. The molecular weight excluding hydrogens is 595 g/mol. The minimum atomic E-state index is -2.14. The maximum Gasteiger partial charge on any atom is 0.0518 e. The van der Waals surface area contributed by atoms with Crippen LogP contribution in [-0.4, -0.2) is 15.0 Å². The fraction of sp³-hybridized carbons (Fsp3) is 0.100. The molecule has 0 saturated carbocycles. The van der Waals surface area contributed by atoms with E-state index in [0.717, 1.165) is 33.6 Å². The summed E-state index contributed by atoms with van der Waals surface area (Å²) in [4.78, 5) is 12.8. The van der Waals surface area contributed by atoms with Gasteiger partial charge in [-0.2, -0.15) is 0 Å². The number of rotatable bonds is 3. The first kappa shape index (κ1) is 17.9. The van der Waals surface area contributed by atoms with Crippen LogP contribution in [0.4, 0.5) is 0 Å². The van der Waals surface area contributed by atoms with Gasteiger partial charge in [0.25, 0.3) is 0 Å². The number of pyridine rings is 3. The molecule has 0 aliphatic heterocycles. The fourth-order valence-corrected chi connectivity index (χ4v) is 3.14. The second-order valence-electron chi connectivity index (χ2n) is 7.30. The van der Waals surface area contributed by atoms with Crippen LogP contribution in [0.1, 0.15) is 24.9 Å². The standard InChI is InChI=1S/C17H13N2.C13H12N.Ir/c1-13-8-10-19-17(11-13)15-6-4-5-14(12-15)16-7-2-3-9-18-16;1-10-8-13(14-9-11(10)2)12-6-4-3-5-7-12;/h2-5,7-12H,1H3;3-6,8-9H,1-2H3;/q2*-1;/i1D3;2D3;. The number of nitrogens with zero attached hydrogens (tertiary/aromatic N) is 3. The molecule has 0 N–H and O–H groups in total. The maximum absolute atomic E-state index is 7.49. The molecule has 0 spiro atoms. The third-order valence-electron chi connectivity index (χ3n) is 4.89. The quantitative estimate of drug-likeness (QED) is 0.201. The van der Waals surface area contributed by atoms with Crippen LogP contribution in [0, 0.1) is 32.8 Å². The minimum Gasteiger partial charge on any atom is -0.305 e. The summed E-state index contributed by atoms with van der Waals surface area (Å²) in [6, 6.07) is 29.9. The van der Waals surface area contributed by atoms with Crippen LogP contribution in [-0.2, 0) is 20.1 Å². The summed E-state index contributed by atoms with van der Waals surface area (Å²) in [6.07, 6.45) is 4.68. The van der Waals surface area contributed by atoms with Gasteiger partial charge in [-0.3, -0.25) is 4.98 Å². The Morgan fingerprint density at radius 2 is 1.50 bits per heavy atom. The van der Waals surface area contributed by atoms with Crippen molar-refractivity contribution in [1.82, 2.24) is 15.0 Å². The predicted molar refractivity (Wildman–Crippen MR) is 134 cm³/mol. The van der Waals surface area contributed by atoms with Crippen molar-refractivity contribution in [2.24, 2.45) is 0 Å². The molecule has 3 heterocycles. The minimum absolute atomic E-state index is 0.